The molecule has 2 aromatic carbocycles. The number of carboxylic acids is 1. The first-order valence-electron chi connectivity index (χ1n) is 7.80. The minimum absolute atomic E-state index is 0.114. The number of rotatable bonds is 2. The Hall–Kier alpha value is -1.97. The van der Waals surface area contributed by atoms with Gasteiger partial charge >= 0.3 is 5.97 Å². The van der Waals surface area contributed by atoms with E-state index in [1.807, 2.05) is 24.3 Å². The van der Waals surface area contributed by atoms with Crippen LogP contribution in [0.1, 0.15) is 39.9 Å². The maximum absolute atomic E-state index is 11.3. The summed E-state index contributed by atoms with van der Waals surface area (Å²) in [5.74, 6) is -0.360. The molecule has 0 radical (unpaired) electrons. The number of anilines is 1. The fraction of sp³-hybridized carbons (Fsp3) is 0.211. The molecule has 24 heavy (non-hydrogen) atoms. The number of fused-ring (bicyclic) bond motifs is 3. The molecule has 0 aromatic heterocycles. The summed E-state index contributed by atoms with van der Waals surface area (Å²) >= 11 is 12.2. The lowest BCUT2D eigenvalue weighted by atomic mass is 9.76. The molecule has 3 nitrogen and oxygen atoms in total. The zero-order valence-electron chi connectivity index (χ0n) is 12.7. The largest absolute Gasteiger partial charge is 0.478 e. The van der Waals surface area contributed by atoms with E-state index in [4.69, 9.17) is 23.2 Å². The predicted octanol–water partition coefficient (Wildman–Crippen LogP) is 5.52. The standard InChI is InChI=1S/C19H15Cl2NO2/c20-15-6-4-10(9-16(15)21)18-13-3-1-2-12(13)14-8-11(19(23)24)5-7-17(14)22-18/h1-2,4-9,12-13,18,22H,3H2,(H,23,24)/t12-,13+,18-/m1/s1. The number of hydrogen-bond donors (Lipinski definition) is 2. The van der Waals surface area contributed by atoms with Crippen molar-refractivity contribution in [2.45, 2.75) is 18.4 Å². The second-order valence-electron chi connectivity index (χ2n) is 6.26. The molecular weight excluding hydrogens is 345 g/mol. The Morgan fingerprint density at radius 1 is 1.12 bits per heavy atom. The van der Waals surface area contributed by atoms with Crippen molar-refractivity contribution in [1.29, 1.82) is 0 Å². The lowest BCUT2D eigenvalue weighted by molar-refractivity contribution is 0.0696. The van der Waals surface area contributed by atoms with Gasteiger partial charge in [-0.05, 0) is 53.8 Å². The Morgan fingerprint density at radius 3 is 2.71 bits per heavy atom. The molecule has 1 heterocycles. The molecule has 2 aliphatic rings. The number of carboxylic acid groups (broad SMARTS) is 1. The molecular formula is C19H15Cl2NO2. The van der Waals surface area contributed by atoms with Crippen molar-refractivity contribution in [2.75, 3.05) is 5.32 Å². The van der Waals surface area contributed by atoms with E-state index in [1.165, 1.54) is 0 Å². The van der Waals surface area contributed by atoms with Gasteiger partial charge in [0, 0.05) is 11.6 Å². The number of benzene rings is 2. The molecule has 0 unspecified atom stereocenters. The van der Waals surface area contributed by atoms with Crippen LogP contribution in [0.3, 0.4) is 0 Å². The molecule has 3 atom stereocenters. The summed E-state index contributed by atoms with van der Waals surface area (Å²) in [7, 11) is 0. The zero-order chi connectivity index (χ0) is 16.8. The van der Waals surface area contributed by atoms with Gasteiger partial charge in [-0.1, -0.05) is 41.4 Å². The minimum atomic E-state index is -0.900. The average Bonchev–Trinajstić information content (AvgIpc) is 3.06. The summed E-state index contributed by atoms with van der Waals surface area (Å²) in [6, 6.07) is 11.1. The van der Waals surface area contributed by atoms with Gasteiger partial charge in [0.2, 0.25) is 0 Å². The lowest BCUT2D eigenvalue weighted by Gasteiger charge is -2.37. The van der Waals surface area contributed by atoms with Crippen LogP contribution in [0.25, 0.3) is 0 Å². The molecule has 122 valence electrons. The summed E-state index contributed by atoms with van der Waals surface area (Å²) in [6.45, 7) is 0. The van der Waals surface area contributed by atoms with Crippen LogP contribution >= 0.6 is 23.2 Å². The Labute approximate surface area is 149 Å². The quantitative estimate of drug-likeness (QED) is 0.694. The lowest BCUT2D eigenvalue weighted by Crippen LogP contribution is -2.29. The van der Waals surface area contributed by atoms with Crippen LogP contribution in [0.4, 0.5) is 5.69 Å². The molecule has 1 aliphatic carbocycles. The molecule has 0 bridgehead atoms. The van der Waals surface area contributed by atoms with E-state index in [0.717, 1.165) is 23.2 Å². The van der Waals surface area contributed by atoms with Crippen LogP contribution in [0.5, 0.6) is 0 Å². The van der Waals surface area contributed by atoms with E-state index >= 15 is 0 Å². The third-order valence-corrected chi connectivity index (χ3v) is 5.65. The van der Waals surface area contributed by atoms with Crippen LogP contribution in [0.15, 0.2) is 48.6 Å². The van der Waals surface area contributed by atoms with E-state index < -0.39 is 5.97 Å². The van der Waals surface area contributed by atoms with Crippen LogP contribution < -0.4 is 5.32 Å². The Bertz CT molecular complexity index is 862. The summed E-state index contributed by atoms with van der Waals surface area (Å²) in [5, 5.41) is 13.9. The Kier molecular flexibility index (Phi) is 3.78. The molecule has 0 saturated carbocycles. The van der Waals surface area contributed by atoms with Crippen molar-refractivity contribution in [3.05, 3.63) is 75.3 Å². The maximum Gasteiger partial charge on any atom is 0.335 e. The third kappa shape index (κ3) is 2.48. The second kappa shape index (κ2) is 5.83. The van der Waals surface area contributed by atoms with Gasteiger partial charge in [0.05, 0.1) is 21.7 Å². The van der Waals surface area contributed by atoms with E-state index in [0.29, 0.717) is 21.5 Å². The first kappa shape index (κ1) is 15.6. The van der Waals surface area contributed by atoms with Crippen LogP contribution in [-0.2, 0) is 0 Å². The molecule has 5 heteroatoms. The van der Waals surface area contributed by atoms with Crippen molar-refractivity contribution in [3.63, 3.8) is 0 Å². The van der Waals surface area contributed by atoms with Gasteiger partial charge in [-0.3, -0.25) is 0 Å². The number of halogens is 2. The number of aromatic carboxylic acids is 1. The Balaban J connectivity index is 1.78. The number of carbonyl (C=O) groups is 1. The third-order valence-electron chi connectivity index (χ3n) is 4.91. The van der Waals surface area contributed by atoms with Crippen LogP contribution in [0, 0.1) is 5.92 Å². The highest BCUT2D eigenvalue weighted by molar-refractivity contribution is 6.42. The topological polar surface area (TPSA) is 49.3 Å². The van der Waals surface area contributed by atoms with E-state index in [-0.39, 0.29) is 12.0 Å². The molecule has 2 N–H and O–H groups in total. The zero-order valence-corrected chi connectivity index (χ0v) is 14.2. The second-order valence-corrected chi connectivity index (χ2v) is 7.07. The molecule has 1 aliphatic heterocycles. The van der Waals surface area contributed by atoms with Gasteiger partial charge in [-0.15, -0.1) is 0 Å². The number of hydrogen-bond acceptors (Lipinski definition) is 2. The van der Waals surface area contributed by atoms with E-state index in [9.17, 15) is 9.90 Å². The van der Waals surface area contributed by atoms with E-state index in [2.05, 4.69) is 17.5 Å². The molecule has 4 rings (SSSR count). The van der Waals surface area contributed by atoms with E-state index in [1.54, 1.807) is 12.1 Å². The molecule has 2 aromatic rings. The highest BCUT2D eigenvalue weighted by Crippen LogP contribution is 2.50. The van der Waals surface area contributed by atoms with Gasteiger partial charge in [0.15, 0.2) is 0 Å². The molecule has 0 spiro atoms. The fourth-order valence-electron chi connectivity index (χ4n) is 3.76. The van der Waals surface area contributed by atoms with Gasteiger partial charge in [0.1, 0.15) is 0 Å². The minimum Gasteiger partial charge on any atom is -0.478 e. The van der Waals surface area contributed by atoms with Crippen molar-refractivity contribution in [1.82, 2.24) is 0 Å². The van der Waals surface area contributed by atoms with Gasteiger partial charge < -0.3 is 10.4 Å². The monoisotopic (exact) mass is 359 g/mol. The maximum atomic E-state index is 11.3. The summed E-state index contributed by atoms with van der Waals surface area (Å²) < 4.78 is 0. The molecule has 0 saturated heterocycles. The molecule has 0 fully saturated rings. The number of nitrogens with one attached hydrogen (secondary N) is 1. The summed E-state index contributed by atoms with van der Waals surface area (Å²) in [4.78, 5) is 11.3. The highest BCUT2D eigenvalue weighted by Gasteiger charge is 2.38. The van der Waals surface area contributed by atoms with Gasteiger partial charge in [0.25, 0.3) is 0 Å². The van der Waals surface area contributed by atoms with Crippen molar-refractivity contribution < 1.29 is 9.90 Å². The highest BCUT2D eigenvalue weighted by atomic mass is 35.5. The number of allylic oxidation sites excluding steroid dienone is 2. The van der Waals surface area contributed by atoms with Crippen molar-refractivity contribution >= 4 is 34.9 Å². The van der Waals surface area contributed by atoms with Crippen LogP contribution in [-0.4, -0.2) is 11.1 Å². The Morgan fingerprint density at radius 2 is 1.96 bits per heavy atom. The van der Waals surface area contributed by atoms with Gasteiger partial charge in [-0.2, -0.15) is 0 Å². The van der Waals surface area contributed by atoms with Gasteiger partial charge in [-0.25, -0.2) is 4.79 Å². The van der Waals surface area contributed by atoms with Crippen LogP contribution in [0.2, 0.25) is 10.0 Å². The van der Waals surface area contributed by atoms with Crippen molar-refractivity contribution in [3.8, 4) is 0 Å². The fourth-order valence-corrected chi connectivity index (χ4v) is 4.07. The first-order chi connectivity index (χ1) is 11.5. The predicted molar refractivity (Wildman–Crippen MR) is 96.2 cm³/mol. The van der Waals surface area contributed by atoms with Crippen molar-refractivity contribution in [2.24, 2.45) is 5.92 Å². The smallest absolute Gasteiger partial charge is 0.335 e. The normalized spacial score (nSPS) is 24.2. The average molecular weight is 360 g/mol. The first-order valence-corrected chi connectivity index (χ1v) is 8.55. The molecule has 0 amide bonds. The SMILES string of the molecule is O=C(O)c1ccc2c(c1)[C@@H]1C=CC[C@@H]1[C@@H](c1ccc(Cl)c(Cl)c1)N2. The summed E-state index contributed by atoms with van der Waals surface area (Å²) in [5.41, 5.74) is 3.44. The summed E-state index contributed by atoms with van der Waals surface area (Å²) in [6.07, 6.45) is 5.30.